The topological polar surface area (TPSA) is 48.7 Å². The molecule has 17 heavy (non-hydrogen) atoms. The third kappa shape index (κ3) is 2.40. The molecule has 0 spiro atoms. The third-order valence-corrected chi connectivity index (χ3v) is 2.28. The molecule has 0 saturated carbocycles. The van der Waals surface area contributed by atoms with Crippen molar-refractivity contribution in [1.82, 2.24) is 4.98 Å². The number of nitriles is 1. The highest BCUT2D eigenvalue weighted by molar-refractivity contribution is 5.63. The number of benzene rings is 1. The van der Waals surface area contributed by atoms with Crippen molar-refractivity contribution in [3.63, 3.8) is 0 Å². The highest BCUT2D eigenvalue weighted by Crippen LogP contribution is 2.20. The summed E-state index contributed by atoms with van der Waals surface area (Å²) in [6, 6.07) is 11.7. The van der Waals surface area contributed by atoms with Crippen molar-refractivity contribution >= 4 is 11.5 Å². The molecule has 0 radical (unpaired) electrons. The van der Waals surface area contributed by atoms with E-state index in [9.17, 15) is 4.39 Å². The fourth-order valence-corrected chi connectivity index (χ4v) is 1.43. The molecule has 84 valence electrons. The van der Waals surface area contributed by atoms with Crippen LogP contribution in [0.4, 0.5) is 15.9 Å². The Hall–Kier alpha value is -2.41. The molecule has 1 aromatic heterocycles. The van der Waals surface area contributed by atoms with Gasteiger partial charge in [0, 0.05) is 5.69 Å². The average molecular weight is 227 g/mol. The minimum Gasteiger partial charge on any atom is -0.337 e. The molecule has 1 aromatic carbocycles. The van der Waals surface area contributed by atoms with E-state index >= 15 is 0 Å². The van der Waals surface area contributed by atoms with Gasteiger partial charge in [-0.3, -0.25) is 0 Å². The second kappa shape index (κ2) is 4.62. The quantitative estimate of drug-likeness (QED) is 0.857. The first-order valence-electron chi connectivity index (χ1n) is 5.10. The van der Waals surface area contributed by atoms with Crippen LogP contribution in [0.1, 0.15) is 11.3 Å². The Kier molecular flexibility index (Phi) is 3.01. The summed E-state index contributed by atoms with van der Waals surface area (Å²) >= 11 is 0. The predicted molar refractivity (Wildman–Crippen MR) is 63.4 cm³/mol. The van der Waals surface area contributed by atoms with Gasteiger partial charge in [0.25, 0.3) is 0 Å². The summed E-state index contributed by atoms with van der Waals surface area (Å²) in [4.78, 5) is 4.18. The Morgan fingerprint density at radius 2 is 2.00 bits per heavy atom. The van der Waals surface area contributed by atoms with Gasteiger partial charge >= 0.3 is 0 Å². The summed E-state index contributed by atoms with van der Waals surface area (Å²) in [5, 5.41) is 11.8. The van der Waals surface area contributed by atoms with Gasteiger partial charge in [-0.15, -0.1) is 0 Å². The van der Waals surface area contributed by atoms with E-state index in [2.05, 4.69) is 10.3 Å². The number of nitrogens with zero attached hydrogens (tertiary/aromatic N) is 2. The van der Waals surface area contributed by atoms with Crippen LogP contribution in [0.25, 0.3) is 0 Å². The number of pyridine rings is 1. The van der Waals surface area contributed by atoms with Gasteiger partial charge in [0.1, 0.15) is 17.7 Å². The maximum Gasteiger partial charge on any atom is 0.148 e. The van der Waals surface area contributed by atoms with E-state index in [1.54, 1.807) is 30.3 Å². The molecule has 2 aromatic rings. The van der Waals surface area contributed by atoms with Crippen LogP contribution >= 0.6 is 0 Å². The lowest BCUT2D eigenvalue weighted by Gasteiger charge is -2.08. The monoisotopic (exact) mass is 227 g/mol. The second-order valence-corrected chi connectivity index (χ2v) is 3.57. The highest BCUT2D eigenvalue weighted by atomic mass is 19.1. The molecule has 0 amide bonds. The molecule has 0 aliphatic rings. The van der Waals surface area contributed by atoms with E-state index in [1.165, 1.54) is 6.07 Å². The number of hydrogen-bond donors (Lipinski definition) is 1. The van der Waals surface area contributed by atoms with Crippen LogP contribution in [0.5, 0.6) is 0 Å². The van der Waals surface area contributed by atoms with E-state index in [1.807, 2.05) is 13.0 Å². The number of aromatic nitrogens is 1. The number of anilines is 2. The van der Waals surface area contributed by atoms with Crippen molar-refractivity contribution in [1.29, 1.82) is 5.26 Å². The van der Waals surface area contributed by atoms with E-state index in [0.717, 1.165) is 5.69 Å². The van der Waals surface area contributed by atoms with Gasteiger partial charge in [0.05, 0.1) is 11.3 Å². The zero-order valence-corrected chi connectivity index (χ0v) is 9.24. The molecule has 0 unspecified atom stereocenters. The summed E-state index contributed by atoms with van der Waals surface area (Å²) in [7, 11) is 0. The van der Waals surface area contributed by atoms with Crippen LogP contribution in [-0.4, -0.2) is 4.98 Å². The van der Waals surface area contributed by atoms with Gasteiger partial charge in [0.15, 0.2) is 0 Å². The molecule has 4 heteroatoms. The van der Waals surface area contributed by atoms with Crippen LogP contribution in [0.2, 0.25) is 0 Å². The largest absolute Gasteiger partial charge is 0.337 e. The molecule has 2 rings (SSSR count). The van der Waals surface area contributed by atoms with Gasteiger partial charge in [-0.1, -0.05) is 12.1 Å². The minimum atomic E-state index is -0.375. The summed E-state index contributed by atoms with van der Waals surface area (Å²) in [5.41, 5.74) is 1.46. The molecule has 0 atom stereocenters. The molecule has 0 aliphatic heterocycles. The number of hydrogen-bond acceptors (Lipinski definition) is 3. The molecule has 0 aliphatic carbocycles. The first-order chi connectivity index (χ1) is 8.20. The SMILES string of the molecule is Cc1ccc(C#N)c(Nc2ccccc2F)n1. The first kappa shape index (κ1) is 11.1. The van der Waals surface area contributed by atoms with E-state index in [-0.39, 0.29) is 5.82 Å². The summed E-state index contributed by atoms with van der Waals surface area (Å²) in [6.45, 7) is 1.81. The Labute approximate surface area is 98.5 Å². The number of nitrogens with one attached hydrogen (secondary N) is 1. The van der Waals surface area contributed by atoms with Gasteiger partial charge in [0.2, 0.25) is 0 Å². The van der Waals surface area contributed by atoms with E-state index < -0.39 is 0 Å². The zero-order valence-electron chi connectivity index (χ0n) is 9.24. The number of aryl methyl sites for hydroxylation is 1. The summed E-state index contributed by atoms with van der Waals surface area (Å²) in [5.74, 6) is -0.00250. The predicted octanol–water partition coefficient (Wildman–Crippen LogP) is 3.14. The Morgan fingerprint density at radius 3 is 2.71 bits per heavy atom. The maximum absolute atomic E-state index is 13.4. The lowest BCUT2D eigenvalue weighted by Crippen LogP contribution is -1.99. The minimum absolute atomic E-state index is 0.308. The zero-order chi connectivity index (χ0) is 12.3. The van der Waals surface area contributed by atoms with Crippen molar-refractivity contribution in [2.45, 2.75) is 6.92 Å². The average Bonchev–Trinajstić information content (AvgIpc) is 2.32. The van der Waals surface area contributed by atoms with Crippen LogP contribution in [0, 0.1) is 24.1 Å². The molecular weight excluding hydrogens is 217 g/mol. The van der Waals surface area contributed by atoms with E-state index in [4.69, 9.17) is 5.26 Å². The normalized spacial score (nSPS) is 9.71. The number of halogens is 1. The standard InChI is InChI=1S/C13H10FN3/c1-9-6-7-10(8-15)13(16-9)17-12-5-3-2-4-11(12)14/h2-7H,1H3,(H,16,17). The molecule has 1 heterocycles. The fourth-order valence-electron chi connectivity index (χ4n) is 1.43. The van der Waals surface area contributed by atoms with Gasteiger partial charge < -0.3 is 5.32 Å². The molecule has 3 nitrogen and oxygen atoms in total. The summed E-state index contributed by atoms with van der Waals surface area (Å²) in [6.07, 6.45) is 0. The second-order valence-electron chi connectivity index (χ2n) is 3.57. The Bertz CT molecular complexity index is 587. The van der Waals surface area contributed by atoms with Crippen molar-refractivity contribution in [3.05, 3.63) is 53.5 Å². The van der Waals surface area contributed by atoms with Crippen LogP contribution < -0.4 is 5.32 Å². The third-order valence-electron chi connectivity index (χ3n) is 2.28. The molecule has 1 N–H and O–H groups in total. The highest BCUT2D eigenvalue weighted by Gasteiger charge is 2.06. The van der Waals surface area contributed by atoms with Crippen molar-refractivity contribution in [2.24, 2.45) is 0 Å². The maximum atomic E-state index is 13.4. The van der Waals surface area contributed by atoms with Crippen molar-refractivity contribution in [3.8, 4) is 6.07 Å². The van der Waals surface area contributed by atoms with Crippen molar-refractivity contribution in [2.75, 3.05) is 5.32 Å². The van der Waals surface area contributed by atoms with Gasteiger partial charge in [-0.25, -0.2) is 9.37 Å². The van der Waals surface area contributed by atoms with Crippen LogP contribution in [-0.2, 0) is 0 Å². The molecule has 0 saturated heterocycles. The molecule has 0 bridgehead atoms. The van der Waals surface area contributed by atoms with E-state index in [0.29, 0.717) is 17.1 Å². The fraction of sp³-hybridized carbons (Fsp3) is 0.0769. The number of para-hydroxylation sites is 1. The van der Waals surface area contributed by atoms with Crippen molar-refractivity contribution < 1.29 is 4.39 Å². The van der Waals surface area contributed by atoms with Gasteiger partial charge in [-0.05, 0) is 31.2 Å². The summed E-state index contributed by atoms with van der Waals surface area (Å²) < 4.78 is 13.4. The Morgan fingerprint density at radius 1 is 1.24 bits per heavy atom. The molecular formula is C13H10FN3. The lowest BCUT2D eigenvalue weighted by atomic mass is 10.2. The van der Waals surface area contributed by atoms with Crippen LogP contribution in [0.15, 0.2) is 36.4 Å². The molecule has 0 fully saturated rings. The lowest BCUT2D eigenvalue weighted by molar-refractivity contribution is 0.632. The number of rotatable bonds is 2. The van der Waals surface area contributed by atoms with Crippen LogP contribution in [0.3, 0.4) is 0 Å². The first-order valence-corrected chi connectivity index (χ1v) is 5.10. The Balaban J connectivity index is 2.40. The van der Waals surface area contributed by atoms with Gasteiger partial charge in [-0.2, -0.15) is 5.26 Å². The smallest absolute Gasteiger partial charge is 0.148 e.